The maximum Gasteiger partial charge on any atom is 0.331 e. The smallest absolute Gasteiger partial charge is 0.331 e. The molecule has 0 aliphatic heterocycles. The Balaban J connectivity index is 1.74. The highest BCUT2D eigenvalue weighted by Crippen LogP contribution is 2.62. The van der Waals surface area contributed by atoms with Gasteiger partial charge in [-0.3, -0.25) is 0 Å². The van der Waals surface area contributed by atoms with Gasteiger partial charge in [0.15, 0.2) is 0 Å². The Morgan fingerprint density at radius 1 is 1.15 bits per heavy atom. The molecule has 0 heterocycles. The van der Waals surface area contributed by atoms with Crippen molar-refractivity contribution >= 4 is 12.0 Å². The van der Waals surface area contributed by atoms with E-state index in [4.69, 9.17) is 4.74 Å². The number of hydrogen-bond donors (Lipinski definition) is 0. The number of esters is 1. The molecule has 0 saturated heterocycles. The molecule has 2 aliphatic rings. The van der Waals surface area contributed by atoms with E-state index in [1.807, 2.05) is 36.4 Å². The van der Waals surface area contributed by atoms with Gasteiger partial charge in [-0.2, -0.15) is 0 Å². The minimum absolute atomic E-state index is 0.0543. The zero-order valence-electron chi connectivity index (χ0n) is 16.4. The van der Waals surface area contributed by atoms with Crippen LogP contribution in [0.4, 0.5) is 0 Å². The van der Waals surface area contributed by atoms with E-state index in [0.717, 1.165) is 24.8 Å². The average Bonchev–Trinajstić information content (AvgIpc) is 3.13. The first-order valence-electron chi connectivity index (χ1n) is 9.64. The third kappa shape index (κ3) is 4.35. The van der Waals surface area contributed by atoms with E-state index < -0.39 is 0 Å². The van der Waals surface area contributed by atoms with E-state index in [-0.39, 0.29) is 17.5 Å². The standard InChI is InChI=1S/C24H30O2/c1-17-9-8-10-18(2)16-21(23-20(15-17)24(23,3)4)26-22(25)14-13-19-11-6-5-7-12-19/h5-7,10-15,20-21,23H,8-9,16H2,1-4H3/b14-13+,17-15-,18-10-. The summed E-state index contributed by atoms with van der Waals surface area (Å²) in [6.45, 7) is 8.97. The van der Waals surface area contributed by atoms with Crippen molar-refractivity contribution in [1.29, 1.82) is 0 Å². The molecular formula is C24H30O2. The normalized spacial score (nSPS) is 31.9. The molecule has 0 radical (unpaired) electrons. The molecule has 138 valence electrons. The summed E-state index contributed by atoms with van der Waals surface area (Å²) in [5, 5.41) is 0. The monoisotopic (exact) mass is 350 g/mol. The maximum absolute atomic E-state index is 12.4. The fourth-order valence-corrected chi connectivity index (χ4v) is 4.24. The van der Waals surface area contributed by atoms with E-state index in [1.54, 1.807) is 6.08 Å². The van der Waals surface area contributed by atoms with Crippen LogP contribution in [0, 0.1) is 17.3 Å². The van der Waals surface area contributed by atoms with Crippen LogP contribution in [-0.2, 0) is 9.53 Å². The van der Waals surface area contributed by atoms with Crippen molar-refractivity contribution in [2.45, 2.75) is 53.1 Å². The Hall–Kier alpha value is -2.09. The van der Waals surface area contributed by atoms with Crippen LogP contribution in [0.3, 0.4) is 0 Å². The number of ether oxygens (including phenoxy) is 1. The summed E-state index contributed by atoms with van der Waals surface area (Å²) in [4.78, 5) is 12.4. The molecule has 2 nitrogen and oxygen atoms in total. The van der Waals surface area contributed by atoms with Crippen molar-refractivity contribution in [2.75, 3.05) is 0 Å². The largest absolute Gasteiger partial charge is 0.459 e. The summed E-state index contributed by atoms with van der Waals surface area (Å²) >= 11 is 0. The lowest BCUT2D eigenvalue weighted by atomic mass is 9.98. The molecule has 1 fully saturated rings. The molecule has 0 spiro atoms. The summed E-state index contributed by atoms with van der Waals surface area (Å²) < 4.78 is 5.94. The van der Waals surface area contributed by atoms with Gasteiger partial charge >= 0.3 is 5.97 Å². The van der Waals surface area contributed by atoms with Crippen LogP contribution in [0.5, 0.6) is 0 Å². The van der Waals surface area contributed by atoms with Gasteiger partial charge in [0.05, 0.1) is 0 Å². The zero-order chi connectivity index (χ0) is 18.7. The molecule has 3 unspecified atom stereocenters. The van der Waals surface area contributed by atoms with Gasteiger partial charge in [0.2, 0.25) is 0 Å². The Morgan fingerprint density at radius 2 is 1.88 bits per heavy atom. The fraction of sp³-hybridized carbons (Fsp3) is 0.458. The molecular weight excluding hydrogens is 320 g/mol. The van der Waals surface area contributed by atoms with Gasteiger partial charge in [-0.15, -0.1) is 0 Å². The second-order valence-electron chi connectivity index (χ2n) is 8.40. The lowest BCUT2D eigenvalue weighted by Crippen LogP contribution is -2.22. The Labute approximate surface area is 157 Å². The van der Waals surface area contributed by atoms with Crippen LogP contribution in [0.1, 0.15) is 52.5 Å². The number of allylic oxidation sites excluding steroid dienone is 3. The molecule has 2 heteroatoms. The topological polar surface area (TPSA) is 26.3 Å². The number of benzene rings is 1. The number of carbonyl (C=O) groups excluding carboxylic acids is 1. The minimum atomic E-state index is -0.245. The Morgan fingerprint density at radius 3 is 2.62 bits per heavy atom. The summed E-state index contributed by atoms with van der Waals surface area (Å²) in [6.07, 6.45) is 11.1. The Bertz CT molecular complexity index is 737. The van der Waals surface area contributed by atoms with Crippen LogP contribution >= 0.6 is 0 Å². The fourth-order valence-electron chi connectivity index (χ4n) is 4.24. The van der Waals surface area contributed by atoms with Gasteiger partial charge in [-0.1, -0.05) is 67.5 Å². The number of fused-ring (bicyclic) bond motifs is 1. The van der Waals surface area contributed by atoms with Crippen molar-refractivity contribution in [3.8, 4) is 0 Å². The van der Waals surface area contributed by atoms with Gasteiger partial charge in [0.1, 0.15) is 6.10 Å². The summed E-state index contributed by atoms with van der Waals surface area (Å²) in [6, 6.07) is 9.86. The molecule has 26 heavy (non-hydrogen) atoms. The number of carbonyl (C=O) groups is 1. The van der Waals surface area contributed by atoms with Crippen LogP contribution in [-0.4, -0.2) is 12.1 Å². The lowest BCUT2D eigenvalue weighted by molar-refractivity contribution is -0.144. The molecule has 0 bridgehead atoms. The van der Waals surface area contributed by atoms with Crippen LogP contribution in [0.15, 0.2) is 59.7 Å². The third-order valence-electron chi connectivity index (χ3n) is 5.89. The predicted octanol–water partition coefficient (Wildman–Crippen LogP) is 5.96. The molecule has 0 aromatic heterocycles. The van der Waals surface area contributed by atoms with E-state index in [1.165, 1.54) is 11.1 Å². The van der Waals surface area contributed by atoms with Crippen LogP contribution in [0.2, 0.25) is 0 Å². The van der Waals surface area contributed by atoms with Crippen molar-refractivity contribution < 1.29 is 9.53 Å². The maximum atomic E-state index is 12.4. The first-order valence-corrected chi connectivity index (χ1v) is 9.64. The van der Waals surface area contributed by atoms with E-state index in [0.29, 0.717) is 11.8 Å². The molecule has 1 aromatic rings. The van der Waals surface area contributed by atoms with E-state index in [9.17, 15) is 4.79 Å². The first-order chi connectivity index (χ1) is 12.4. The van der Waals surface area contributed by atoms with Crippen LogP contribution < -0.4 is 0 Å². The SMILES string of the molecule is C/C1=C/C2C(C(OC(=O)/C=C/c3ccccc3)C/C(C)=C\CC1)C2(C)C. The van der Waals surface area contributed by atoms with Gasteiger partial charge < -0.3 is 4.74 Å². The van der Waals surface area contributed by atoms with Gasteiger partial charge in [-0.25, -0.2) is 4.79 Å². The van der Waals surface area contributed by atoms with E-state index >= 15 is 0 Å². The molecule has 1 saturated carbocycles. The summed E-state index contributed by atoms with van der Waals surface area (Å²) in [7, 11) is 0. The molecule has 1 aromatic carbocycles. The Kier molecular flexibility index (Phi) is 5.50. The first kappa shape index (κ1) is 18.7. The summed E-state index contributed by atoms with van der Waals surface area (Å²) in [5.41, 5.74) is 3.98. The van der Waals surface area contributed by atoms with Gasteiger partial charge in [0, 0.05) is 18.4 Å². The zero-order valence-corrected chi connectivity index (χ0v) is 16.4. The molecule has 3 atom stereocenters. The van der Waals surface area contributed by atoms with Gasteiger partial charge in [0.25, 0.3) is 0 Å². The predicted molar refractivity (Wildman–Crippen MR) is 107 cm³/mol. The quantitative estimate of drug-likeness (QED) is 0.382. The minimum Gasteiger partial charge on any atom is -0.459 e. The molecule has 2 aliphatic carbocycles. The second-order valence-corrected chi connectivity index (χ2v) is 8.40. The highest BCUT2D eigenvalue weighted by Gasteiger charge is 2.60. The third-order valence-corrected chi connectivity index (χ3v) is 5.89. The highest BCUT2D eigenvalue weighted by atomic mass is 16.5. The molecule has 0 N–H and O–H groups in total. The second kappa shape index (κ2) is 7.65. The van der Waals surface area contributed by atoms with Crippen LogP contribution in [0.25, 0.3) is 6.08 Å². The summed E-state index contributed by atoms with van der Waals surface area (Å²) in [5.74, 6) is 0.656. The molecule has 3 rings (SSSR count). The lowest BCUT2D eigenvalue weighted by Gasteiger charge is -2.20. The van der Waals surface area contributed by atoms with Gasteiger partial charge in [-0.05, 0) is 49.7 Å². The average molecular weight is 351 g/mol. The van der Waals surface area contributed by atoms with Crippen molar-refractivity contribution in [3.63, 3.8) is 0 Å². The number of rotatable bonds is 3. The highest BCUT2D eigenvalue weighted by molar-refractivity contribution is 5.87. The van der Waals surface area contributed by atoms with Crippen molar-refractivity contribution in [1.82, 2.24) is 0 Å². The number of hydrogen-bond acceptors (Lipinski definition) is 2. The van der Waals surface area contributed by atoms with E-state index in [2.05, 4.69) is 39.8 Å². The van der Waals surface area contributed by atoms with Crippen molar-refractivity contribution in [3.05, 3.63) is 65.3 Å². The molecule has 0 amide bonds. The van der Waals surface area contributed by atoms with Crippen molar-refractivity contribution in [2.24, 2.45) is 17.3 Å².